The molecular formula is C22H22N4O2. The number of nitrogens with one attached hydrogen (secondary N) is 1. The van der Waals surface area contributed by atoms with Gasteiger partial charge in [0, 0.05) is 49.0 Å². The third kappa shape index (κ3) is 3.58. The van der Waals surface area contributed by atoms with Crippen molar-refractivity contribution < 1.29 is 9.59 Å². The van der Waals surface area contributed by atoms with Crippen LogP contribution < -0.4 is 5.32 Å². The molecule has 3 aromatic rings. The smallest absolute Gasteiger partial charge is 0.251 e. The number of aromatic nitrogens is 2. The minimum Gasteiger partial charge on any atom is -0.355 e. The van der Waals surface area contributed by atoms with Crippen molar-refractivity contribution in [3.63, 3.8) is 0 Å². The third-order valence-corrected chi connectivity index (χ3v) is 5.23. The van der Waals surface area contributed by atoms with E-state index in [1.54, 1.807) is 13.2 Å². The number of hydrogen-bond acceptors (Lipinski definition) is 4. The first-order chi connectivity index (χ1) is 13.7. The Morgan fingerprint density at radius 2 is 2.00 bits per heavy atom. The fraction of sp³-hybridized carbons (Fsp3) is 0.273. The minimum absolute atomic E-state index is 0.0773. The van der Waals surface area contributed by atoms with Gasteiger partial charge in [-0.05, 0) is 30.7 Å². The zero-order valence-electron chi connectivity index (χ0n) is 15.8. The molecule has 1 N–H and O–H groups in total. The van der Waals surface area contributed by atoms with Crippen LogP contribution in [0.4, 0.5) is 0 Å². The Morgan fingerprint density at radius 3 is 2.79 bits per heavy atom. The fourth-order valence-corrected chi connectivity index (χ4v) is 3.73. The van der Waals surface area contributed by atoms with E-state index in [1.807, 2.05) is 53.4 Å². The molecule has 1 aliphatic rings. The Morgan fingerprint density at radius 1 is 1.18 bits per heavy atom. The van der Waals surface area contributed by atoms with Gasteiger partial charge in [0.05, 0.1) is 17.5 Å². The van der Waals surface area contributed by atoms with Gasteiger partial charge in [0.15, 0.2) is 0 Å². The SMILES string of the molecule is CNC(=O)c1cc([C@@H]2CCN(C(=O)Cc3ccccn3)C2)nc2ccccc12. The number of amides is 2. The normalized spacial score (nSPS) is 16.3. The zero-order valence-corrected chi connectivity index (χ0v) is 15.8. The van der Waals surface area contributed by atoms with Crippen LogP contribution in [0.3, 0.4) is 0 Å². The Balaban J connectivity index is 1.56. The zero-order chi connectivity index (χ0) is 19.5. The van der Waals surface area contributed by atoms with Gasteiger partial charge in [-0.3, -0.25) is 19.6 Å². The quantitative estimate of drug-likeness (QED) is 0.762. The molecule has 1 atom stereocenters. The summed E-state index contributed by atoms with van der Waals surface area (Å²) in [4.78, 5) is 35.9. The second-order valence-electron chi connectivity index (χ2n) is 7.01. The standard InChI is InChI=1S/C22H22N4O2/c1-23-22(28)18-13-20(25-19-8-3-2-7-17(18)19)15-9-11-26(14-15)21(27)12-16-6-4-5-10-24-16/h2-8,10,13,15H,9,11-12,14H2,1H3,(H,23,28)/t15-/m1/s1. The molecule has 3 heterocycles. The van der Waals surface area contributed by atoms with E-state index >= 15 is 0 Å². The van der Waals surface area contributed by atoms with Crippen molar-refractivity contribution in [2.24, 2.45) is 0 Å². The Hall–Kier alpha value is -3.28. The van der Waals surface area contributed by atoms with Gasteiger partial charge in [0.2, 0.25) is 5.91 Å². The highest BCUT2D eigenvalue weighted by Gasteiger charge is 2.29. The maximum absolute atomic E-state index is 12.6. The van der Waals surface area contributed by atoms with Crippen molar-refractivity contribution in [3.8, 4) is 0 Å². The Bertz CT molecular complexity index is 1020. The van der Waals surface area contributed by atoms with E-state index in [1.165, 1.54) is 0 Å². The molecule has 2 amide bonds. The number of likely N-dealkylation sites (tertiary alicyclic amines) is 1. The molecule has 6 heteroatoms. The molecule has 1 saturated heterocycles. The van der Waals surface area contributed by atoms with E-state index in [4.69, 9.17) is 4.98 Å². The van der Waals surface area contributed by atoms with Crippen LogP contribution in [-0.4, -0.2) is 46.8 Å². The van der Waals surface area contributed by atoms with E-state index in [0.29, 0.717) is 25.1 Å². The molecule has 0 aliphatic carbocycles. The fourth-order valence-electron chi connectivity index (χ4n) is 3.73. The molecule has 0 radical (unpaired) electrons. The average molecular weight is 374 g/mol. The van der Waals surface area contributed by atoms with Crippen molar-refractivity contribution in [1.29, 1.82) is 0 Å². The van der Waals surface area contributed by atoms with Crippen LogP contribution in [0, 0.1) is 0 Å². The summed E-state index contributed by atoms with van der Waals surface area (Å²) >= 11 is 0. The average Bonchev–Trinajstić information content (AvgIpc) is 3.23. The summed E-state index contributed by atoms with van der Waals surface area (Å²) in [5.74, 6) is 0.0788. The molecule has 6 nitrogen and oxygen atoms in total. The number of nitrogens with zero attached hydrogens (tertiary/aromatic N) is 3. The van der Waals surface area contributed by atoms with Crippen molar-refractivity contribution in [2.45, 2.75) is 18.8 Å². The topological polar surface area (TPSA) is 75.2 Å². The number of hydrogen-bond donors (Lipinski definition) is 1. The van der Waals surface area contributed by atoms with Crippen LogP contribution in [0.2, 0.25) is 0 Å². The van der Waals surface area contributed by atoms with E-state index in [-0.39, 0.29) is 17.7 Å². The van der Waals surface area contributed by atoms with Crippen molar-refractivity contribution in [2.75, 3.05) is 20.1 Å². The highest BCUT2D eigenvalue weighted by atomic mass is 16.2. The van der Waals surface area contributed by atoms with Gasteiger partial charge >= 0.3 is 0 Å². The van der Waals surface area contributed by atoms with Crippen LogP contribution in [0.25, 0.3) is 10.9 Å². The van der Waals surface area contributed by atoms with Crippen LogP contribution in [0.15, 0.2) is 54.7 Å². The number of carbonyl (C=O) groups excluding carboxylic acids is 2. The lowest BCUT2D eigenvalue weighted by Gasteiger charge is -2.17. The first kappa shape index (κ1) is 18.1. The molecule has 142 valence electrons. The van der Waals surface area contributed by atoms with E-state index in [2.05, 4.69) is 10.3 Å². The second-order valence-corrected chi connectivity index (χ2v) is 7.01. The number of pyridine rings is 2. The number of rotatable bonds is 4. The van der Waals surface area contributed by atoms with Gasteiger partial charge in [0.25, 0.3) is 5.91 Å². The summed E-state index contributed by atoms with van der Waals surface area (Å²) in [5.41, 5.74) is 3.07. The monoisotopic (exact) mass is 374 g/mol. The van der Waals surface area contributed by atoms with Gasteiger partial charge in [0.1, 0.15) is 0 Å². The Labute approximate surface area is 163 Å². The molecule has 28 heavy (non-hydrogen) atoms. The van der Waals surface area contributed by atoms with Crippen LogP contribution in [0.5, 0.6) is 0 Å². The van der Waals surface area contributed by atoms with Crippen molar-refractivity contribution >= 4 is 22.7 Å². The van der Waals surface area contributed by atoms with Gasteiger partial charge in [-0.25, -0.2) is 0 Å². The van der Waals surface area contributed by atoms with Gasteiger partial charge in [-0.15, -0.1) is 0 Å². The van der Waals surface area contributed by atoms with E-state index in [0.717, 1.165) is 28.7 Å². The van der Waals surface area contributed by atoms with Crippen LogP contribution in [-0.2, 0) is 11.2 Å². The van der Waals surface area contributed by atoms with Gasteiger partial charge in [-0.2, -0.15) is 0 Å². The Kier molecular flexibility index (Phi) is 5.02. The predicted molar refractivity (Wildman–Crippen MR) is 107 cm³/mol. The molecule has 1 aliphatic heterocycles. The van der Waals surface area contributed by atoms with E-state index in [9.17, 15) is 9.59 Å². The maximum Gasteiger partial charge on any atom is 0.251 e. The number of para-hydroxylation sites is 1. The van der Waals surface area contributed by atoms with Gasteiger partial charge in [-0.1, -0.05) is 24.3 Å². The van der Waals surface area contributed by atoms with E-state index < -0.39 is 0 Å². The highest BCUT2D eigenvalue weighted by Crippen LogP contribution is 2.29. The second kappa shape index (κ2) is 7.76. The summed E-state index contributed by atoms with van der Waals surface area (Å²) in [6.45, 7) is 1.31. The van der Waals surface area contributed by atoms with Crippen LogP contribution in [0.1, 0.15) is 34.1 Å². The number of fused-ring (bicyclic) bond motifs is 1. The predicted octanol–water partition coefficient (Wildman–Crippen LogP) is 2.55. The summed E-state index contributed by atoms with van der Waals surface area (Å²) < 4.78 is 0. The largest absolute Gasteiger partial charge is 0.355 e. The van der Waals surface area contributed by atoms with Gasteiger partial charge < -0.3 is 10.2 Å². The lowest BCUT2D eigenvalue weighted by Crippen LogP contribution is -2.30. The molecule has 0 spiro atoms. The summed E-state index contributed by atoms with van der Waals surface area (Å²) in [6.07, 6.45) is 2.85. The van der Waals surface area contributed by atoms with Crippen LogP contribution >= 0.6 is 0 Å². The lowest BCUT2D eigenvalue weighted by atomic mass is 9.99. The van der Waals surface area contributed by atoms with Crippen molar-refractivity contribution in [3.05, 3.63) is 71.7 Å². The molecule has 0 unspecified atom stereocenters. The molecule has 0 saturated carbocycles. The summed E-state index contributed by atoms with van der Waals surface area (Å²) in [5, 5.41) is 3.55. The molecule has 2 aromatic heterocycles. The summed E-state index contributed by atoms with van der Waals surface area (Å²) in [6, 6.07) is 15.1. The van der Waals surface area contributed by atoms with Crippen molar-refractivity contribution in [1.82, 2.24) is 20.2 Å². The number of benzene rings is 1. The molecule has 1 fully saturated rings. The summed E-state index contributed by atoms with van der Waals surface area (Å²) in [7, 11) is 1.63. The molecule has 1 aromatic carbocycles. The lowest BCUT2D eigenvalue weighted by molar-refractivity contribution is -0.129. The third-order valence-electron chi connectivity index (χ3n) is 5.23. The maximum atomic E-state index is 12.6. The minimum atomic E-state index is -0.124. The first-order valence-corrected chi connectivity index (χ1v) is 9.45. The molecule has 0 bridgehead atoms. The molecule has 4 rings (SSSR count). The first-order valence-electron chi connectivity index (χ1n) is 9.45. The number of carbonyl (C=O) groups is 2. The molecular weight excluding hydrogens is 352 g/mol. The highest BCUT2D eigenvalue weighted by molar-refractivity contribution is 6.06.